The zero-order chi connectivity index (χ0) is 22.1. The van der Waals surface area contributed by atoms with Crippen LogP contribution in [0, 0.1) is 17.8 Å². The minimum atomic E-state index is -1.02. The van der Waals surface area contributed by atoms with E-state index < -0.39 is 24.0 Å². The second-order valence-corrected chi connectivity index (χ2v) is 9.99. The molecule has 0 radical (unpaired) electrons. The third-order valence-electron chi connectivity index (χ3n) is 5.78. The van der Waals surface area contributed by atoms with Gasteiger partial charge < -0.3 is 20.8 Å². The van der Waals surface area contributed by atoms with E-state index in [0.717, 1.165) is 30.7 Å². The Morgan fingerprint density at radius 3 is 2.50 bits per heavy atom. The molecule has 1 aliphatic carbocycles. The largest absolute Gasteiger partial charge is 0.390 e. The van der Waals surface area contributed by atoms with Gasteiger partial charge in [-0.1, -0.05) is 33.1 Å². The van der Waals surface area contributed by atoms with Gasteiger partial charge in [0.2, 0.25) is 11.8 Å². The molecule has 0 unspecified atom stereocenters. The van der Waals surface area contributed by atoms with Crippen molar-refractivity contribution < 1.29 is 19.8 Å². The molecule has 1 aliphatic rings. The molecule has 7 nitrogen and oxygen atoms in total. The molecule has 0 saturated heterocycles. The van der Waals surface area contributed by atoms with Gasteiger partial charge in [0.1, 0.15) is 0 Å². The molecule has 1 fully saturated rings. The Labute approximate surface area is 183 Å². The van der Waals surface area contributed by atoms with Crippen LogP contribution in [-0.4, -0.2) is 57.2 Å². The smallest absolute Gasteiger partial charge is 0.226 e. The summed E-state index contributed by atoms with van der Waals surface area (Å²) in [6, 6.07) is 0. The van der Waals surface area contributed by atoms with Gasteiger partial charge in [-0.3, -0.25) is 9.59 Å². The lowest BCUT2D eigenvalue weighted by molar-refractivity contribution is -0.141. The van der Waals surface area contributed by atoms with Crippen molar-refractivity contribution in [2.75, 3.05) is 13.1 Å². The van der Waals surface area contributed by atoms with Crippen LogP contribution in [0.2, 0.25) is 0 Å². The van der Waals surface area contributed by atoms with Crippen molar-refractivity contribution in [2.24, 2.45) is 23.5 Å². The molecule has 8 heteroatoms. The number of aromatic nitrogens is 1. The van der Waals surface area contributed by atoms with Crippen molar-refractivity contribution in [2.45, 2.75) is 77.4 Å². The van der Waals surface area contributed by atoms with Gasteiger partial charge in [0.25, 0.3) is 0 Å². The Hall–Kier alpha value is -1.51. The first kappa shape index (κ1) is 24.8. The van der Waals surface area contributed by atoms with Gasteiger partial charge in [0.05, 0.1) is 23.1 Å². The third kappa shape index (κ3) is 8.32. The van der Waals surface area contributed by atoms with E-state index >= 15 is 0 Å². The number of amides is 2. The summed E-state index contributed by atoms with van der Waals surface area (Å²) in [7, 11) is 0. The van der Waals surface area contributed by atoms with Gasteiger partial charge in [0.15, 0.2) is 0 Å². The fourth-order valence-electron chi connectivity index (χ4n) is 4.24. The normalized spacial score (nSPS) is 18.2. The molecule has 1 aromatic rings. The Bertz CT molecular complexity index is 647. The standard InChI is InChI=1S/C22H37N3O4S/c1-15(2)10-18(26)19(27)14-25(13-16-6-4-3-5-7-16)22(29)17(11-20(23)28)12-21-24-8-9-30-21/h8-9,15-19,26-27H,3-7,10-14H2,1-2H3,(H2,23,28)/t17-,18-,19-/m0/s1. The summed E-state index contributed by atoms with van der Waals surface area (Å²) in [5.74, 6) is -0.698. The van der Waals surface area contributed by atoms with E-state index in [1.807, 2.05) is 19.2 Å². The van der Waals surface area contributed by atoms with E-state index in [2.05, 4.69) is 4.98 Å². The number of carbonyl (C=O) groups excluding carboxylic acids is 2. The lowest BCUT2D eigenvalue weighted by atomic mass is 9.88. The molecule has 2 rings (SSSR count). The van der Waals surface area contributed by atoms with Crippen molar-refractivity contribution in [3.05, 3.63) is 16.6 Å². The number of nitrogens with zero attached hydrogens (tertiary/aromatic N) is 2. The molecular formula is C22H37N3O4S. The Kier molecular flexibility index (Phi) is 10.2. The maximum atomic E-state index is 13.5. The van der Waals surface area contributed by atoms with Crippen LogP contribution < -0.4 is 5.73 Å². The summed E-state index contributed by atoms with van der Waals surface area (Å²) in [5, 5.41) is 23.6. The summed E-state index contributed by atoms with van der Waals surface area (Å²) in [5.41, 5.74) is 5.43. The second-order valence-electron chi connectivity index (χ2n) is 9.01. The van der Waals surface area contributed by atoms with Crippen molar-refractivity contribution in [1.29, 1.82) is 0 Å². The van der Waals surface area contributed by atoms with Crippen LogP contribution in [0.5, 0.6) is 0 Å². The van der Waals surface area contributed by atoms with E-state index in [4.69, 9.17) is 5.73 Å². The van der Waals surface area contributed by atoms with E-state index in [0.29, 0.717) is 25.3 Å². The van der Waals surface area contributed by atoms with Crippen LogP contribution in [0.4, 0.5) is 0 Å². The van der Waals surface area contributed by atoms with Gasteiger partial charge in [-0.05, 0) is 31.1 Å². The van der Waals surface area contributed by atoms with Crippen LogP contribution in [-0.2, 0) is 16.0 Å². The van der Waals surface area contributed by atoms with Crippen molar-refractivity contribution >= 4 is 23.2 Å². The zero-order valence-electron chi connectivity index (χ0n) is 18.2. The predicted molar refractivity (Wildman–Crippen MR) is 118 cm³/mol. The molecule has 4 N–H and O–H groups in total. The molecule has 3 atom stereocenters. The lowest BCUT2D eigenvalue weighted by Gasteiger charge is -2.34. The quantitative estimate of drug-likeness (QED) is 0.462. The molecule has 1 aromatic heterocycles. The summed E-state index contributed by atoms with van der Waals surface area (Å²) >= 11 is 1.45. The fraction of sp³-hybridized carbons (Fsp3) is 0.773. The first-order valence-electron chi connectivity index (χ1n) is 11.1. The Balaban J connectivity index is 2.15. The number of rotatable bonds is 12. The Morgan fingerprint density at radius 1 is 1.23 bits per heavy atom. The fourth-order valence-corrected chi connectivity index (χ4v) is 4.93. The number of carbonyl (C=O) groups is 2. The molecule has 0 spiro atoms. The third-order valence-corrected chi connectivity index (χ3v) is 6.58. The minimum Gasteiger partial charge on any atom is -0.390 e. The zero-order valence-corrected chi connectivity index (χ0v) is 19.0. The van der Waals surface area contributed by atoms with Crippen LogP contribution in [0.25, 0.3) is 0 Å². The molecule has 30 heavy (non-hydrogen) atoms. The molecule has 170 valence electrons. The monoisotopic (exact) mass is 439 g/mol. The van der Waals surface area contributed by atoms with Gasteiger partial charge in [0, 0.05) is 37.5 Å². The second kappa shape index (κ2) is 12.4. The molecule has 0 bridgehead atoms. The number of nitrogens with two attached hydrogens (primary N) is 1. The van der Waals surface area contributed by atoms with Crippen LogP contribution in [0.1, 0.15) is 63.8 Å². The maximum Gasteiger partial charge on any atom is 0.226 e. The number of hydrogen-bond acceptors (Lipinski definition) is 6. The van der Waals surface area contributed by atoms with Gasteiger partial charge in [-0.2, -0.15) is 0 Å². The highest BCUT2D eigenvalue weighted by atomic mass is 32.1. The summed E-state index contributed by atoms with van der Waals surface area (Å²) < 4.78 is 0. The van der Waals surface area contributed by atoms with Gasteiger partial charge >= 0.3 is 0 Å². The Morgan fingerprint density at radius 2 is 1.93 bits per heavy atom. The number of aliphatic hydroxyl groups is 2. The van der Waals surface area contributed by atoms with Crippen molar-refractivity contribution in [1.82, 2.24) is 9.88 Å². The number of aliphatic hydroxyl groups excluding tert-OH is 2. The summed E-state index contributed by atoms with van der Waals surface area (Å²) in [6.07, 6.45) is 6.17. The maximum absolute atomic E-state index is 13.5. The van der Waals surface area contributed by atoms with Crippen LogP contribution in [0.15, 0.2) is 11.6 Å². The molecule has 1 heterocycles. The highest BCUT2D eigenvalue weighted by molar-refractivity contribution is 7.09. The topological polar surface area (TPSA) is 117 Å². The average Bonchev–Trinajstić information content (AvgIpc) is 3.19. The van der Waals surface area contributed by atoms with E-state index in [1.54, 1.807) is 11.1 Å². The number of thiazole rings is 1. The minimum absolute atomic E-state index is 0.0514. The number of primary amides is 1. The summed E-state index contributed by atoms with van der Waals surface area (Å²) in [6.45, 7) is 4.57. The lowest BCUT2D eigenvalue weighted by Crippen LogP contribution is -2.47. The van der Waals surface area contributed by atoms with E-state index in [9.17, 15) is 19.8 Å². The molecule has 1 saturated carbocycles. The van der Waals surface area contributed by atoms with Crippen molar-refractivity contribution in [3.8, 4) is 0 Å². The summed E-state index contributed by atoms with van der Waals surface area (Å²) in [4.78, 5) is 31.0. The van der Waals surface area contributed by atoms with Crippen LogP contribution in [0.3, 0.4) is 0 Å². The molecule has 0 aliphatic heterocycles. The molecule has 2 amide bonds. The van der Waals surface area contributed by atoms with Gasteiger partial charge in [-0.15, -0.1) is 11.3 Å². The first-order chi connectivity index (χ1) is 14.3. The van der Waals surface area contributed by atoms with Crippen LogP contribution >= 0.6 is 11.3 Å². The first-order valence-corrected chi connectivity index (χ1v) is 12.0. The average molecular weight is 440 g/mol. The van der Waals surface area contributed by atoms with E-state index in [-0.39, 0.29) is 24.8 Å². The molecular weight excluding hydrogens is 402 g/mol. The van der Waals surface area contributed by atoms with E-state index in [1.165, 1.54) is 17.8 Å². The van der Waals surface area contributed by atoms with Crippen molar-refractivity contribution in [3.63, 3.8) is 0 Å². The highest BCUT2D eigenvalue weighted by Gasteiger charge is 2.31. The SMILES string of the molecule is CC(C)C[C@H](O)[C@@H](O)CN(CC1CCCCC1)C(=O)[C@@H](CC(N)=O)Cc1nccs1. The predicted octanol–water partition coefficient (Wildman–Crippen LogP) is 2.35. The highest BCUT2D eigenvalue weighted by Crippen LogP contribution is 2.26. The van der Waals surface area contributed by atoms with Gasteiger partial charge in [-0.25, -0.2) is 4.98 Å². The molecule has 0 aromatic carbocycles. The number of hydrogen-bond donors (Lipinski definition) is 3.